The van der Waals surface area contributed by atoms with Gasteiger partial charge in [-0.15, -0.1) is 0 Å². The van der Waals surface area contributed by atoms with Crippen LogP contribution in [0.25, 0.3) is 11.3 Å². The normalized spacial score (nSPS) is 14.9. The molecule has 1 heterocycles. The first kappa shape index (κ1) is 17.2. The topological polar surface area (TPSA) is 52.6 Å². The van der Waals surface area contributed by atoms with Gasteiger partial charge in [0.05, 0.1) is 12.7 Å². The predicted molar refractivity (Wildman–Crippen MR) is 110 cm³/mol. The fraction of sp³-hybridized carbons (Fsp3) is 0.0400. The van der Waals surface area contributed by atoms with Gasteiger partial charge in [-0.3, -0.25) is 9.59 Å². The van der Waals surface area contributed by atoms with Crippen LogP contribution in [0.5, 0.6) is 11.5 Å². The molecule has 4 nitrogen and oxygen atoms in total. The number of Topliss-reactive ketones (excluding diaryl/α,β-unsaturated/α-hetero) is 2. The maximum Gasteiger partial charge on any atom is 0.198 e. The molecule has 29 heavy (non-hydrogen) atoms. The third-order valence-electron chi connectivity index (χ3n) is 5.19. The Bertz CT molecular complexity index is 1190. The first-order valence-electron chi connectivity index (χ1n) is 9.23. The van der Waals surface area contributed by atoms with Gasteiger partial charge in [0.1, 0.15) is 17.3 Å². The van der Waals surface area contributed by atoms with Crippen LogP contribution in [0, 0.1) is 0 Å². The highest BCUT2D eigenvalue weighted by atomic mass is 16.5. The van der Waals surface area contributed by atoms with Crippen molar-refractivity contribution in [3.8, 4) is 11.5 Å². The molecule has 0 saturated heterocycles. The van der Waals surface area contributed by atoms with Gasteiger partial charge in [-0.25, -0.2) is 0 Å². The molecule has 0 amide bonds. The standard InChI is InChI=1S/C25H16O4/c1-28-16-12-10-15(11-13-16)22-14-20(17-6-4-5-9-21(17)29-22)23-24(26)18-7-2-3-8-19(18)25(23)27/h2-14H,1H3. The minimum atomic E-state index is -0.248. The fourth-order valence-electron chi connectivity index (χ4n) is 3.74. The Morgan fingerprint density at radius 2 is 1.31 bits per heavy atom. The number of carbonyl (C=O) groups is 2. The molecule has 0 unspecified atom stereocenters. The van der Waals surface area contributed by atoms with E-state index < -0.39 is 0 Å². The Labute approximate surface area is 167 Å². The Morgan fingerprint density at radius 3 is 1.93 bits per heavy atom. The van der Waals surface area contributed by atoms with Crippen LogP contribution in [0.3, 0.4) is 0 Å². The zero-order chi connectivity index (χ0) is 20.0. The molecular formula is C25H16O4. The Hall–Kier alpha value is -3.92. The van der Waals surface area contributed by atoms with E-state index in [-0.39, 0.29) is 17.1 Å². The number of ether oxygens (including phenoxy) is 2. The Balaban J connectivity index is 1.72. The number of rotatable bonds is 2. The van der Waals surface area contributed by atoms with E-state index in [0.717, 1.165) is 16.9 Å². The molecule has 0 aromatic heterocycles. The molecule has 0 atom stereocenters. The van der Waals surface area contributed by atoms with E-state index in [1.807, 2.05) is 48.5 Å². The van der Waals surface area contributed by atoms with Crippen molar-refractivity contribution in [1.29, 1.82) is 0 Å². The summed E-state index contributed by atoms with van der Waals surface area (Å²) in [7, 11) is 1.61. The van der Waals surface area contributed by atoms with E-state index in [0.29, 0.717) is 28.2 Å². The summed E-state index contributed by atoms with van der Waals surface area (Å²) in [5.74, 6) is 1.43. The lowest BCUT2D eigenvalue weighted by molar-refractivity contribution is 0.0990. The average molecular weight is 380 g/mol. The zero-order valence-corrected chi connectivity index (χ0v) is 15.6. The van der Waals surface area contributed by atoms with Gasteiger partial charge in [-0.1, -0.05) is 42.5 Å². The smallest absolute Gasteiger partial charge is 0.198 e. The molecule has 0 bridgehead atoms. The Morgan fingerprint density at radius 1 is 0.724 bits per heavy atom. The molecule has 4 heteroatoms. The SMILES string of the molecule is COc1ccc(C2=CC(=C3C(=O)c4ccccc4C3=O)c3ccccc3O2)cc1. The molecule has 5 rings (SSSR count). The second kappa shape index (κ2) is 6.60. The van der Waals surface area contributed by atoms with E-state index >= 15 is 0 Å². The molecule has 0 N–H and O–H groups in total. The van der Waals surface area contributed by atoms with Crippen molar-refractivity contribution in [2.24, 2.45) is 0 Å². The highest BCUT2D eigenvalue weighted by molar-refractivity contribution is 6.43. The number of hydrogen-bond donors (Lipinski definition) is 0. The largest absolute Gasteiger partial charge is 0.497 e. The summed E-state index contributed by atoms with van der Waals surface area (Å²) in [6.45, 7) is 0. The monoisotopic (exact) mass is 380 g/mol. The van der Waals surface area contributed by atoms with Gasteiger partial charge in [0, 0.05) is 27.8 Å². The first-order chi connectivity index (χ1) is 14.2. The molecular weight excluding hydrogens is 364 g/mol. The fourth-order valence-corrected chi connectivity index (χ4v) is 3.74. The number of benzene rings is 3. The van der Waals surface area contributed by atoms with Gasteiger partial charge in [0.25, 0.3) is 0 Å². The number of ketones is 2. The summed E-state index contributed by atoms with van der Waals surface area (Å²) in [6.07, 6.45) is 1.78. The number of fused-ring (bicyclic) bond motifs is 2. The molecule has 0 spiro atoms. The maximum absolute atomic E-state index is 13.1. The maximum atomic E-state index is 13.1. The van der Waals surface area contributed by atoms with Crippen molar-refractivity contribution >= 4 is 22.9 Å². The molecule has 3 aromatic carbocycles. The van der Waals surface area contributed by atoms with Gasteiger partial charge < -0.3 is 9.47 Å². The van der Waals surface area contributed by atoms with Crippen molar-refractivity contribution in [2.75, 3.05) is 7.11 Å². The first-order valence-corrected chi connectivity index (χ1v) is 9.23. The van der Waals surface area contributed by atoms with Crippen molar-refractivity contribution in [1.82, 2.24) is 0 Å². The number of allylic oxidation sites excluding steroid dienone is 3. The van der Waals surface area contributed by atoms with Crippen LogP contribution in [-0.2, 0) is 0 Å². The number of para-hydroxylation sites is 1. The van der Waals surface area contributed by atoms with Crippen LogP contribution in [0.2, 0.25) is 0 Å². The minimum absolute atomic E-state index is 0.188. The summed E-state index contributed by atoms with van der Waals surface area (Å²) in [5, 5.41) is 0. The van der Waals surface area contributed by atoms with Gasteiger partial charge in [-0.2, -0.15) is 0 Å². The number of methoxy groups -OCH3 is 1. The van der Waals surface area contributed by atoms with E-state index in [1.165, 1.54) is 0 Å². The highest BCUT2D eigenvalue weighted by Crippen LogP contribution is 2.41. The summed E-state index contributed by atoms with van der Waals surface area (Å²) < 4.78 is 11.3. The van der Waals surface area contributed by atoms with E-state index in [1.54, 1.807) is 37.5 Å². The van der Waals surface area contributed by atoms with Gasteiger partial charge in [-0.05, 0) is 36.4 Å². The van der Waals surface area contributed by atoms with E-state index in [9.17, 15) is 9.59 Å². The quantitative estimate of drug-likeness (QED) is 0.466. The lowest BCUT2D eigenvalue weighted by Crippen LogP contribution is -2.10. The lowest BCUT2D eigenvalue weighted by atomic mass is 9.93. The molecule has 2 aliphatic rings. The van der Waals surface area contributed by atoms with Crippen molar-refractivity contribution in [2.45, 2.75) is 0 Å². The third kappa shape index (κ3) is 2.69. The third-order valence-corrected chi connectivity index (χ3v) is 5.19. The Kier molecular flexibility index (Phi) is 3.91. The summed E-state index contributed by atoms with van der Waals surface area (Å²) in [5.41, 5.74) is 3.23. The second-order valence-electron chi connectivity index (χ2n) is 6.83. The summed E-state index contributed by atoms with van der Waals surface area (Å²) in [6, 6.07) is 21.8. The van der Waals surface area contributed by atoms with Gasteiger partial charge >= 0.3 is 0 Å². The second-order valence-corrected chi connectivity index (χ2v) is 6.83. The summed E-state index contributed by atoms with van der Waals surface area (Å²) in [4.78, 5) is 26.2. The van der Waals surface area contributed by atoms with Crippen LogP contribution in [0.4, 0.5) is 0 Å². The van der Waals surface area contributed by atoms with Crippen LogP contribution in [0.1, 0.15) is 31.8 Å². The molecule has 3 aromatic rings. The van der Waals surface area contributed by atoms with Crippen molar-refractivity contribution in [3.63, 3.8) is 0 Å². The summed E-state index contributed by atoms with van der Waals surface area (Å²) >= 11 is 0. The predicted octanol–water partition coefficient (Wildman–Crippen LogP) is 4.96. The molecule has 0 fully saturated rings. The lowest BCUT2D eigenvalue weighted by Gasteiger charge is -2.21. The van der Waals surface area contributed by atoms with Gasteiger partial charge in [0.2, 0.25) is 0 Å². The molecule has 0 saturated carbocycles. The van der Waals surface area contributed by atoms with Crippen molar-refractivity contribution < 1.29 is 19.1 Å². The highest BCUT2D eigenvalue weighted by Gasteiger charge is 2.36. The average Bonchev–Trinajstić information content (AvgIpc) is 3.03. The van der Waals surface area contributed by atoms with Crippen LogP contribution < -0.4 is 9.47 Å². The van der Waals surface area contributed by atoms with Crippen LogP contribution >= 0.6 is 0 Å². The molecule has 1 aliphatic carbocycles. The molecule has 0 radical (unpaired) electrons. The van der Waals surface area contributed by atoms with Crippen LogP contribution in [-0.4, -0.2) is 18.7 Å². The zero-order valence-electron chi connectivity index (χ0n) is 15.6. The number of hydrogen-bond acceptors (Lipinski definition) is 4. The number of carbonyl (C=O) groups excluding carboxylic acids is 2. The minimum Gasteiger partial charge on any atom is -0.497 e. The van der Waals surface area contributed by atoms with Crippen molar-refractivity contribution in [3.05, 3.63) is 107 Å². The van der Waals surface area contributed by atoms with E-state index in [2.05, 4.69) is 0 Å². The van der Waals surface area contributed by atoms with Crippen LogP contribution in [0.15, 0.2) is 84.4 Å². The molecule has 1 aliphatic heterocycles. The van der Waals surface area contributed by atoms with E-state index in [4.69, 9.17) is 9.47 Å². The van der Waals surface area contributed by atoms with Gasteiger partial charge in [0.15, 0.2) is 11.6 Å². The molecule has 140 valence electrons.